The van der Waals surface area contributed by atoms with Crippen molar-refractivity contribution in [3.05, 3.63) is 42.0 Å². The van der Waals surface area contributed by atoms with Gasteiger partial charge in [-0.2, -0.15) is 0 Å². The van der Waals surface area contributed by atoms with Gasteiger partial charge in [-0.25, -0.2) is 0 Å². The fourth-order valence-corrected chi connectivity index (χ4v) is 3.53. The number of benzene rings is 1. The molecule has 0 radical (unpaired) electrons. The van der Waals surface area contributed by atoms with Crippen molar-refractivity contribution >= 4 is 11.5 Å². The number of tetrazole rings is 1. The molecule has 0 bridgehead atoms. The third kappa shape index (κ3) is 2.03. The zero-order chi connectivity index (χ0) is 15.3. The Hall–Kier alpha value is -2.70. The fourth-order valence-electron chi connectivity index (χ4n) is 3.53. The first-order valence-electron chi connectivity index (χ1n) is 7.91. The molecule has 5 rings (SSSR count). The number of hydrogen-bond donors (Lipinski definition) is 1. The van der Waals surface area contributed by atoms with Gasteiger partial charge in [-0.1, -0.05) is 18.2 Å². The molecular weight excluding hydrogens is 292 g/mol. The minimum Gasteiger partial charge on any atom is -0.487 e. The van der Waals surface area contributed by atoms with Gasteiger partial charge in [-0.05, 0) is 47.9 Å². The summed E-state index contributed by atoms with van der Waals surface area (Å²) in [5, 5.41) is 19.3. The van der Waals surface area contributed by atoms with E-state index in [1.807, 2.05) is 24.3 Å². The van der Waals surface area contributed by atoms with Gasteiger partial charge in [0.2, 0.25) is 0 Å². The second kappa shape index (κ2) is 4.65. The monoisotopic (exact) mass is 308 g/mol. The Balaban J connectivity index is 1.50. The molecule has 3 aromatic rings. The summed E-state index contributed by atoms with van der Waals surface area (Å²) < 4.78 is 7.72. The predicted molar refractivity (Wildman–Crippen MR) is 83.2 cm³/mol. The molecule has 1 aliphatic carbocycles. The molecule has 2 aliphatic rings. The molecule has 0 saturated heterocycles. The largest absolute Gasteiger partial charge is 0.487 e. The van der Waals surface area contributed by atoms with Crippen molar-refractivity contribution < 1.29 is 4.74 Å². The molecule has 1 atom stereocenters. The number of aromatic nitrogens is 5. The van der Waals surface area contributed by atoms with E-state index in [2.05, 4.69) is 38.1 Å². The molecule has 1 aliphatic heterocycles. The second-order valence-corrected chi connectivity index (χ2v) is 6.32. The van der Waals surface area contributed by atoms with E-state index >= 15 is 0 Å². The van der Waals surface area contributed by atoms with Gasteiger partial charge in [0.15, 0.2) is 5.65 Å². The molecule has 1 N–H and O–H groups in total. The summed E-state index contributed by atoms with van der Waals surface area (Å²) in [5.74, 6) is 1.75. The Morgan fingerprint density at radius 1 is 1.17 bits per heavy atom. The van der Waals surface area contributed by atoms with Crippen molar-refractivity contribution in [1.82, 2.24) is 25.3 Å². The van der Waals surface area contributed by atoms with Crippen molar-refractivity contribution in [3.8, 4) is 5.75 Å². The van der Waals surface area contributed by atoms with Crippen LogP contribution in [-0.2, 0) is 0 Å². The van der Waals surface area contributed by atoms with Crippen LogP contribution in [0.5, 0.6) is 5.75 Å². The Morgan fingerprint density at radius 3 is 2.96 bits per heavy atom. The number of ether oxygens (including phenoxy) is 1. The summed E-state index contributed by atoms with van der Waals surface area (Å²) in [6.07, 6.45) is 4.45. The number of nitrogens with one attached hydrogen (secondary N) is 1. The standard InChI is InChI=1S/C16H16N6O/c1-2-5-13-11(4-1)12(10-16(23-13)8-3-9-16)17-14-6-7-15-18-20-21-22(15)19-14/h1-2,4-7,12H,3,8-10H2,(H,17,19)/t12-/m0/s1. The van der Waals surface area contributed by atoms with Gasteiger partial charge in [-0.3, -0.25) is 0 Å². The molecule has 23 heavy (non-hydrogen) atoms. The minimum atomic E-state index is -0.00900. The van der Waals surface area contributed by atoms with Gasteiger partial charge >= 0.3 is 0 Å². The number of para-hydroxylation sites is 1. The number of nitrogens with zero attached hydrogens (tertiary/aromatic N) is 5. The minimum absolute atomic E-state index is 0.00900. The third-order valence-corrected chi connectivity index (χ3v) is 4.85. The van der Waals surface area contributed by atoms with Gasteiger partial charge in [0.1, 0.15) is 17.2 Å². The zero-order valence-electron chi connectivity index (χ0n) is 12.5. The van der Waals surface area contributed by atoms with E-state index in [0.717, 1.165) is 30.8 Å². The molecule has 0 amide bonds. The summed E-state index contributed by atoms with van der Waals surface area (Å²) in [6.45, 7) is 0. The van der Waals surface area contributed by atoms with E-state index in [1.165, 1.54) is 16.6 Å². The average Bonchev–Trinajstić information content (AvgIpc) is 3.01. The summed E-state index contributed by atoms with van der Waals surface area (Å²) in [4.78, 5) is 0. The molecule has 1 aromatic carbocycles. The molecule has 1 fully saturated rings. The van der Waals surface area contributed by atoms with E-state index < -0.39 is 0 Å². The highest BCUT2D eigenvalue weighted by atomic mass is 16.5. The van der Waals surface area contributed by atoms with Crippen LogP contribution >= 0.6 is 0 Å². The van der Waals surface area contributed by atoms with E-state index in [-0.39, 0.29) is 11.6 Å². The van der Waals surface area contributed by atoms with Crippen molar-refractivity contribution in [2.45, 2.75) is 37.3 Å². The van der Waals surface area contributed by atoms with E-state index in [1.54, 1.807) is 0 Å². The van der Waals surface area contributed by atoms with Crippen LogP contribution in [0.1, 0.15) is 37.3 Å². The van der Waals surface area contributed by atoms with Crippen LogP contribution in [0.3, 0.4) is 0 Å². The molecule has 1 saturated carbocycles. The van der Waals surface area contributed by atoms with E-state index in [9.17, 15) is 0 Å². The van der Waals surface area contributed by atoms with Crippen LogP contribution in [0.15, 0.2) is 36.4 Å². The van der Waals surface area contributed by atoms with Crippen LogP contribution in [0.25, 0.3) is 5.65 Å². The Bertz CT molecular complexity index is 872. The summed E-state index contributed by atoms with van der Waals surface area (Å²) in [6, 6.07) is 12.2. The number of hydrogen-bond acceptors (Lipinski definition) is 6. The lowest BCUT2D eigenvalue weighted by molar-refractivity contribution is -0.0309. The van der Waals surface area contributed by atoms with Crippen molar-refractivity contribution in [3.63, 3.8) is 0 Å². The number of anilines is 1. The molecule has 116 valence electrons. The summed E-state index contributed by atoms with van der Waals surface area (Å²) >= 11 is 0. The quantitative estimate of drug-likeness (QED) is 0.783. The zero-order valence-corrected chi connectivity index (χ0v) is 12.5. The average molecular weight is 308 g/mol. The maximum atomic E-state index is 6.28. The molecule has 7 heteroatoms. The van der Waals surface area contributed by atoms with Gasteiger partial charge in [0.05, 0.1) is 6.04 Å². The van der Waals surface area contributed by atoms with Crippen LogP contribution in [0.2, 0.25) is 0 Å². The smallest absolute Gasteiger partial charge is 0.200 e. The Morgan fingerprint density at radius 2 is 2.09 bits per heavy atom. The third-order valence-electron chi connectivity index (χ3n) is 4.85. The first-order chi connectivity index (χ1) is 11.3. The van der Waals surface area contributed by atoms with Gasteiger partial charge in [-0.15, -0.1) is 14.8 Å². The fraction of sp³-hybridized carbons (Fsp3) is 0.375. The van der Waals surface area contributed by atoms with Crippen LogP contribution < -0.4 is 10.1 Å². The first-order valence-corrected chi connectivity index (χ1v) is 7.91. The first kappa shape index (κ1) is 12.8. The van der Waals surface area contributed by atoms with Crippen molar-refractivity contribution in [2.24, 2.45) is 0 Å². The topological polar surface area (TPSA) is 77.2 Å². The number of fused-ring (bicyclic) bond motifs is 2. The molecule has 2 aromatic heterocycles. The molecule has 0 unspecified atom stereocenters. The van der Waals surface area contributed by atoms with E-state index in [0.29, 0.717) is 5.65 Å². The maximum Gasteiger partial charge on any atom is 0.200 e. The second-order valence-electron chi connectivity index (χ2n) is 6.32. The van der Waals surface area contributed by atoms with Crippen LogP contribution in [-0.4, -0.2) is 30.9 Å². The summed E-state index contributed by atoms with van der Waals surface area (Å²) in [7, 11) is 0. The lowest BCUT2D eigenvalue weighted by Crippen LogP contribution is -2.48. The Kier molecular flexibility index (Phi) is 2.59. The van der Waals surface area contributed by atoms with Crippen molar-refractivity contribution in [1.29, 1.82) is 0 Å². The predicted octanol–water partition coefficient (Wildman–Crippen LogP) is 2.38. The molecule has 7 nitrogen and oxygen atoms in total. The van der Waals surface area contributed by atoms with Crippen LogP contribution in [0, 0.1) is 0 Å². The molecular formula is C16H16N6O. The SMILES string of the molecule is c1ccc2c(c1)OC1(CCC1)C[C@@H]2Nc1ccc2nnnn2n1. The molecule has 1 spiro atoms. The lowest BCUT2D eigenvalue weighted by atomic mass is 9.73. The van der Waals surface area contributed by atoms with Gasteiger partial charge < -0.3 is 10.1 Å². The Labute approximate surface area is 132 Å². The van der Waals surface area contributed by atoms with Gasteiger partial charge in [0.25, 0.3) is 0 Å². The normalized spacial score (nSPS) is 21.5. The highest BCUT2D eigenvalue weighted by molar-refractivity contribution is 5.47. The van der Waals surface area contributed by atoms with E-state index in [4.69, 9.17) is 4.74 Å². The summed E-state index contributed by atoms with van der Waals surface area (Å²) in [5.41, 5.74) is 1.81. The maximum absolute atomic E-state index is 6.28. The number of rotatable bonds is 2. The highest BCUT2D eigenvalue weighted by Crippen LogP contribution is 2.49. The van der Waals surface area contributed by atoms with Crippen molar-refractivity contribution in [2.75, 3.05) is 5.32 Å². The van der Waals surface area contributed by atoms with Crippen LogP contribution in [0.4, 0.5) is 5.82 Å². The highest BCUT2D eigenvalue weighted by Gasteiger charge is 2.45. The molecule has 3 heterocycles. The van der Waals surface area contributed by atoms with Gasteiger partial charge in [0, 0.05) is 12.0 Å². The lowest BCUT2D eigenvalue weighted by Gasteiger charge is -2.48.